The van der Waals surface area contributed by atoms with Gasteiger partial charge in [0.15, 0.2) is 0 Å². The lowest BCUT2D eigenvalue weighted by Crippen LogP contribution is -2.56. The second kappa shape index (κ2) is 6.02. The molecular weight excluding hydrogens is 316 g/mol. The number of amides is 3. The summed E-state index contributed by atoms with van der Waals surface area (Å²) in [6.07, 6.45) is 0.861. The summed E-state index contributed by atoms with van der Waals surface area (Å²) in [4.78, 5) is 31.1. The Morgan fingerprint density at radius 1 is 1.04 bits per heavy atom. The van der Waals surface area contributed by atoms with Gasteiger partial charge >= 0.3 is 6.03 Å². The molecule has 3 heterocycles. The summed E-state index contributed by atoms with van der Waals surface area (Å²) in [6, 6.07) is 4.48. The SMILES string of the molecule is Cc1cc(C)c(N2CC[C@H](N3CCN4C(=O)NC[C@H]4C3)C2=O)c(C)c1. The highest BCUT2D eigenvalue weighted by atomic mass is 16.2. The zero-order valence-corrected chi connectivity index (χ0v) is 15.2. The van der Waals surface area contributed by atoms with Gasteiger partial charge in [-0.3, -0.25) is 9.69 Å². The van der Waals surface area contributed by atoms with E-state index >= 15 is 0 Å². The Bertz CT molecular complexity index is 709. The van der Waals surface area contributed by atoms with E-state index in [2.05, 4.69) is 43.1 Å². The number of fused-ring (bicyclic) bond motifs is 1. The number of anilines is 1. The molecule has 0 radical (unpaired) electrons. The third kappa shape index (κ3) is 2.68. The van der Waals surface area contributed by atoms with Gasteiger partial charge in [0.25, 0.3) is 0 Å². The molecule has 0 saturated carbocycles. The van der Waals surface area contributed by atoms with E-state index in [-0.39, 0.29) is 24.0 Å². The third-order valence-electron chi connectivity index (χ3n) is 5.79. The molecule has 3 saturated heterocycles. The van der Waals surface area contributed by atoms with Crippen molar-refractivity contribution in [3.8, 4) is 0 Å². The van der Waals surface area contributed by atoms with Crippen LogP contribution in [0.25, 0.3) is 0 Å². The molecule has 3 fully saturated rings. The first-order valence-corrected chi connectivity index (χ1v) is 9.13. The molecule has 3 aliphatic heterocycles. The number of piperazine rings is 1. The van der Waals surface area contributed by atoms with Crippen molar-refractivity contribution in [3.05, 3.63) is 28.8 Å². The number of aryl methyl sites for hydroxylation is 3. The van der Waals surface area contributed by atoms with Gasteiger partial charge in [-0.25, -0.2) is 4.79 Å². The lowest BCUT2D eigenvalue weighted by Gasteiger charge is -2.38. The van der Waals surface area contributed by atoms with Crippen LogP contribution in [0.2, 0.25) is 0 Å². The molecule has 0 aromatic heterocycles. The number of carbonyl (C=O) groups excluding carboxylic acids is 2. The molecule has 3 amide bonds. The fraction of sp³-hybridized carbons (Fsp3) is 0.579. The first kappa shape index (κ1) is 16.4. The molecule has 0 bridgehead atoms. The van der Waals surface area contributed by atoms with Crippen LogP contribution in [-0.2, 0) is 4.79 Å². The van der Waals surface area contributed by atoms with Crippen LogP contribution < -0.4 is 10.2 Å². The van der Waals surface area contributed by atoms with Crippen molar-refractivity contribution in [3.63, 3.8) is 0 Å². The number of urea groups is 1. The molecule has 2 atom stereocenters. The molecule has 3 aliphatic rings. The average molecular weight is 342 g/mol. The van der Waals surface area contributed by atoms with E-state index in [9.17, 15) is 9.59 Å². The van der Waals surface area contributed by atoms with E-state index in [1.165, 1.54) is 16.7 Å². The van der Waals surface area contributed by atoms with Gasteiger partial charge < -0.3 is 15.1 Å². The Hall–Kier alpha value is -2.08. The van der Waals surface area contributed by atoms with Crippen LogP contribution in [0.4, 0.5) is 10.5 Å². The quantitative estimate of drug-likeness (QED) is 0.885. The second-order valence-corrected chi connectivity index (χ2v) is 7.57. The maximum Gasteiger partial charge on any atom is 0.317 e. The maximum absolute atomic E-state index is 13.1. The van der Waals surface area contributed by atoms with E-state index < -0.39 is 0 Å². The van der Waals surface area contributed by atoms with Gasteiger partial charge in [0, 0.05) is 38.4 Å². The Labute approximate surface area is 148 Å². The molecule has 6 heteroatoms. The molecule has 4 rings (SSSR count). The number of benzene rings is 1. The van der Waals surface area contributed by atoms with Crippen LogP contribution in [0.15, 0.2) is 12.1 Å². The molecule has 134 valence electrons. The fourth-order valence-electron chi connectivity index (χ4n) is 4.74. The van der Waals surface area contributed by atoms with Crippen molar-refractivity contribution in [1.82, 2.24) is 15.1 Å². The lowest BCUT2D eigenvalue weighted by atomic mass is 10.0. The van der Waals surface area contributed by atoms with Gasteiger partial charge in [-0.05, 0) is 38.3 Å². The van der Waals surface area contributed by atoms with Gasteiger partial charge in [0.05, 0.1) is 12.1 Å². The maximum atomic E-state index is 13.1. The lowest BCUT2D eigenvalue weighted by molar-refractivity contribution is -0.122. The normalized spacial score (nSPS) is 27.0. The summed E-state index contributed by atoms with van der Waals surface area (Å²) < 4.78 is 0. The Kier molecular flexibility index (Phi) is 3.95. The second-order valence-electron chi connectivity index (χ2n) is 7.57. The summed E-state index contributed by atoms with van der Waals surface area (Å²) in [6.45, 7) is 10.0. The number of nitrogens with zero attached hydrogens (tertiary/aromatic N) is 3. The van der Waals surface area contributed by atoms with Crippen molar-refractivity contribution in [2.45, 2.75) is 39.3 Å². The molecule has 0 unspecified atom stereocenters. The van der Waals surface area contributed by atoms with Crippen LogP contribution in [0.3, 0.4) is 0 Å². The third-order valence-corrected chi connectivity index (χ3v) is 5.79. The largest absolute Gasteiger partial charge is 0.336 e. The van der Waals surface area contributed by atoms with Crippen LogP contribution in [0.5, 0.6) is 0 Å². The Morgan fingerprint density at radius 3 is 2.48 bits per heavy atom. The van der Waals surface area contributed by atoms with Gasteiger partial charge in [-0.1, -0.05) is 17.7 Å². The van der Waals surface area contributed by atoms with Crippen molar-refractivity contribution < 1.29 is 9.59 Å². The Morgan fingerprint density at radius 2 is 1.76 bits per heavy atom. The van der Waals surface area contributed by atoms with Gasteiger partial charge in [-0.2, -0.15) is 0 Å². The molecule has 1 N–H and O–H groups in total. The topological polar surface area (TPSA) is 55.9 Å². The number of carbonyl (C=O) groups is 2. The predicted octanol–water partition coefficient (Wildman–Crippen LogP) is 1.43. The van der Waals surface area contributed by atoms with Crippen LogP contribution in [0.1, 0.15) is 23.1 Å². The molecule has 1 aromatic rings. The first-order valence-electron chi connectivity index (χ1n) is 9.13. The zero-order chi connectivity index (χ0) is 17.7. The number of hydrogen-bond donors (Lipinski definition) is 1. The van der Waals surface area contributed by atoms with E-state index in [1.54, 1.807) is 0 Å². The van der Waals surface area contributed by atoms with E-state index in [0.717, 1.165) is 31.7 Å². The standard InChI is InChI=1S/C19H26N4O2/c1-12-8-13(2)17(14(3)9-12)23-5-4-16(18(23)24)21-6-7-22-15(11-21)10-20-19(22)25/h8-9,15-16H,4-7,10-11H2,1-3H3,(H,20,25)/t15-,16-/m0/s1. The number of hydrogen-bond acceptors (Lipinski definition) is 3. The van der Waals surface area contributed by atoms with Crippen molar-refractivity contribution >= 4 is 17.6 Å². The molecule has 1 aromatic carbocycles. The molecule has 25 heavy (non-hydrogen) atoms. The molecule has 0 spiro atoms. The highest BCUT2D eigenvalue weighted by Gasteiger charge is 2.43. The molecular formula is C19H26N4O2. The van der Waals surface area contributed by atoms with E-state index in [1.807, 2.05) is 9.80 Å². The smallest absolute Gasteiger partial charge is 0.317 e. The van der Waals surface area contributed by atoms with E-state index in [0.29, 0.717) is 13.1 Å². The summed E-state index contributed by atoms with van der Waals surface area (Å²) >= 11 is 0. The number of rotatable bonds is 2. The minimum absolute atomic E-state index is 0.0370. The number of nitrogens with one attached hydrogen (secondary N) is 1. The van der Waals surface area contributed by atoms with Gasteiger partial charge in [-0.15, -0.1) is 0 Å². The van der Waals surface area contributed by atoms with Gasteiger partial charge in [0.2, 0.25) is 5.91 Å². The van der Waals surface area contributed by atoms with Crippen LogP contribution >= 0.6 is 0 Å². The van der Waals surface area contributed by atoms with Gasteiger partial charge in [0.1, 0.15) is 0 Å². The van der Waals surface area contributed by atoms with Crippen molar-refractivity contribution in [1.29, 1.82) is 0 Å². The Balaban J connectivity index is 1.52. The van der Waals surface area contributed by atoms with Crippen molar-refractivity contribution in [2.24, 2.45) is 0 Å². The minimum atomic E-state index is -0.0574. The molecule has 0 aliphatic carbocycles. The highest BCUT2D eigenvalue weighted by molar-refractivity contribution is 6.00. The highest BCUT2D eigenvalue weighted by Crippen LogP contribution is 2.32. The van der Waals surface area contributed by atoms with Crippen LogP contribution in [0, 0.1) is 20.8 Å². The summed E-state index contributed by atoms with van der Waals surface area (Å²) in [5.41, 5.74) is 4.65. The fourth-order valence-corrected chi connectivity index (χ4v) is 4.74. The zero-order valence-electron chi connectivity index (χ0n) is 15.2. The van der Waals surface area contributed by atoms with E-state index in [4.69, 9.17) is 0 Å². The summed E-state index contributed by atoms with van der Waals surface area (Å²) in [5.74, 6) is 0.209. The monoisotopic (exact) mass is 342 g/mol. The van der Waals surface area contributed by atoms with Crippen LogP contribution in [-0.4, -0.2) is 66.5 Å². The minimum Gasteiger partial charge on any atom is -0.336 e. The molecule has 6 nitrogen and oxygen atoms in total. The average Bonchev–Trinajstić information content (AvgIpc) is 3.10. The predicted molar refractivity (Wildman–Crippen MR) is 96.9 cm³/mol. The van der Waals surface area contributed by atoms with Crippen molar-refractivity contribution in [2.75, 3.05) is 37.6 Å². The summed E-state index contributed by atoms with van der Waals surface area (Å²) in [7, 11) is 0. The summed E-state index contributed by atoms with van der Waals surface area (Å²) in [5, 5.41) is 2.90. The first-order chi connectivity index (χ1) is 12.0.